The quantitative estimate of drug-likeness (QED) is 0.876. The van der Waals surface area contributed by atoms with Crippen molar-refractivity contribution >= 4 is 6.08 Å². The molecule has 4 heteroatoms. The van der Waals surface area contributed by atoms with Crippen LogP contribution in [0.1, 0.15) is 22.6 Å². The van der Waals surface area contributed by atoms with Crippen LogP contribution in [-0.2, 0) is 16.1 Å². The lowest BCUT2D eigenvalue weighted by Gasteiger charge is -2.35. The van der Waals surface area contributed by atoms with Gasteiger partial charge in [0.25, 0.3) is 0 Å². The van der Waals surface area contributed by atoms with Gasteiger partial charge in [-0.15, -0.1) is 0 Å². The molecule has 0 spiro atoms. The highest BCUT2D eigenvalue weighted by molar-refractivity contribution is 5.52. The Morgan fingerprint density at radius 2 is 2.00 bits per heavy atom. The van der Waals surface area contributed by atoms with E-state index in [1.54, 1.807) is 14.2 Å². The number of aliphatic hydroxyl groups is 1. The number of aliphatic hydroxyl groups excluding tert-OH is 1. The average Bonchev–Trinajstić information content (AvgIpc) is 2.66. The zero-order chi connectivity index (χ0) is 17.6. The van der Waals surface area contributed by atoms with Crippen molar-refractivity contribution in [1.29, 1.82) is 0 Å². The zero-order valence-electron chi connectivity index (χ0n) is 14.6. The van der Waals surface area contributed by atoms with Gasteiger partial charge in [-0.25, -0.2) is 0 Å². The number of benzene rings is 2. The number of rotatable bonds is 6. The normalized spacial score (nSPS) is 21.1. The van der Waals surface area contributed by atoms with Gasteiger partial charge in [0.2, 0.25) is 0 Å². The van der Waals surface area contributed by atoms with Gasteiger partial charge in [0.05, 0.1) is 26.4 Å². The minimum Gasteiger partial charge on any atom is -0.497 e. The number of hydrogen-bond acceptors (Lipinski definition) is 4. The second-order valence-electron chi connectivity index (χ2n) is 6.16. The first-order valence-corrected chi connectivity index (χ1v) is 8.41. The summed E-state index contributed by atoms with van der Waals surface area (Å²) in [5, 5.41) is 10.5. The summed E-state index contributed by atoms with van der Waals surface area (Å²) in [4.78, 5) is 0. The van der Waals surface area contributed by atoms with E-state index in [9.17, 15) is 5.11 Å². The van der Waals surface area contributed by atoms with Crippen LogP contribution < -0.4 is 4.74 Å². The fourth-order valence-corrected chi connectivity index (χ4v) is 3.23. The molecule has 0 amide bonds. The number of ether oxygens (including phenoxy) is 3. The fraction of sp³-hybridized carbons (Fsp3) is 0.333. The Bertz CT molecular complexity index is 711. The fourth-order valence-electron chi connectivity index (χ4n) is 3.23. The highest BCUT2D eigenvalue weighted by Crippen LogP contribution is 2.36. The van der Waals surface area contributed by atoms with E-state index < -0.39 is 6.10 Å². The molecule has 0 fully saturated rings. The Morgan fingerprint density at radius 1 is 1.20 bits per heavy atom. The third-order valence-electron chi connectivity index (χ3n) is 4.51. The van der Waals surface area contributed by atoms with Gasteiger partial charge in [-0.1, -0.05) is 48.6 Å². The smallest absolute Gasteiger partial charge is 0.119 e. The van der Waals surface area contributed by atoms with Crippen molar-refractivity contribution in [3.05, 3.63) is 71.3 Å². The summed E-state index contributed by atoms with van der Waals surface area (Å²) in [6, 6.07) is 16.1. The first kappa shape index (κ1) is 17.7. The second-order valence-corrected chi connectivity index (χ2v) is 6.16. The van der Waals surface area contributed by atoms with Crippen LogP contribution in [-0.4, -0.2) is 38.1 Å². The minimum absolute atomic E-state index is 0.0555. The molecular formula is C21H24O4. The number of methoxy groups -OCH3 is 2. The maximum absolute atomic E-state index is 10.5. The molecule has 132 valence electrons. The van der Waals surface area contributed by atoms with Crippen molar-refractivity contribution in [3.63, 3.8) is 0 Å². The van der Waals surface area contributed by atoms with E-state index in [4.69, 9.17) is 14.2 Å². The molecule has 1 aliphatic rings. The Kier molecular flexibility index (Phi) is 5.87. The first-order chi connectivity index (χ1) is 12.2. The maximum atomic E-state index is 10.5. The van der Waals surface area contributed by atoms with Crippen LogP contribution in [0.2, 0.25) is 0 Å². The van der Waals surface area contributed by atoms with Gasteiger partial charge in [-0.3, -0.25) is 0 Å². The average molecular weight is 340 g/mol. The molecule has 0 saturated heterocycles. The summed E-state index contributed by atoms with van der Waals surface area (Å²) in [6.45, 7) is 0.694. The molecule has 1 heterocycles. The SMILES string of the molecule is COC[C@@H](O)[C@H]1OCc2cc(OC)ccc2[C@H]1C=Cc1ccccc1. The number of hydrogen-bond donors (Lipinski definition) is 1. The van der Waals surface area contributed by atoms with Crippen molar-refractivity contribution in [3.8, 4) is 5.75 Å². The zero-order valence-corrected chi connectivity index (χ0v) is 14.6. The van der Waals surface area contributed by atoms with E-state index in [0.717, 1.165) is 22.4 Å². The van der Waals surface area contributed by atoms with Crippen LogP contribution in [0.5, 0.6) is 5.75 Å². The predicted octanol–water partition coefficient (Wildman–Crippen LogP) is 3.40. The molecule has 3 rings (SSSR count). The van der Waals surface area contributed by atoms with Crippen molar-refractivity contribution in [1.82, 2.24) is 0 Å². The molecule has 0 bridgehead atoms. The minimum atomic E-state index is -0.689. The summed E-state index contributed by atoms with van der Waals surface area (Å²) < 4.78 is 16.4. The molecular weight excluding hydrogens is 316 g/mol. The molecule has 0 aliphatic carbocycles. The van der Waals surface area contributed by atoms with Crippen molar-refractivity contribution < 1.29 is 19.3 Å². The van der Waals surface area contributed by atoms with Crippen LogP contribution in [0, 0.1) is 0 Å². The van der Waals surface area contributed by atoms with Gasteiger partial charge in [0.1, 0.15) is 11.9 Å². The Hall–Kier alpha value is -2.14. The molecule has 0 unspecified atom stereocenters. The molecule has 1 aliphatic heterocycles. The van der Waals surface area contributed by atoms with Crippen molar-refractivity contribution in [2.24, 2.45) is 0 Å². The summed E-state index contributed by atoms with van der Waals surface area (Å²) in [5.74, 6) is 0.754. The predicted molar refractivity (Wildman–Crippen MR) is 97.7 cm³/mol. The lowest BCUT2D eigenvalue weighted by Crippen LogP contribution is -2.39. The molecule has 1 N–H and O–H groups in total. The molecule has 4 nitrogen and oxygen atoms in total. The Balaban J connectivity index is 1.94. The van der Waals surface area contributed by atoms with Crippen molar-refractivity contribution in [2.75, 3.05) is 20.8 Å². The van der Waals surface area contributed by atoms with Crippen LogP contribution in [0.15, 0.2) is 54.6 Å². The lowest BCUT2D eigenvalue weighted by atomic mass is 9.84. The van der Waals surface area contributed by atoms with Crippen molar-refractivity contribution in [2.45, 2.75) is 24.7 Å². The summed E-state index contributed by atoms with van der Waals surface area (Å²) >= 11 is 0. The summed E-state index contributed by atoms with van der Waals surface area (Å²) in [7, 11) is 3.24. The lowest BCUT2D eigenvalue weighted by molar-refractivity contribution is -0.0844. The van der Waals surface area contributed by atoms with E-state index in [2.05, 4.69) is 30.4 Å². The standard InChI is InChI=1S/C21H24O4/c1-23-14-20(22)21-19(10-8-15-6-4-3-5-7-15)18-11-9-17(24-2)12-16(18)13-25-21/h3-12,19-22H,13-14H2,1-2H3/t19-,20-,21+/m1/s1. The van der Waals surface area contributed by atoms with Crippen LogP contribution in [0.4, 0.5) is 0 Å². The van der Waals surface area contributed by atoms with E-state index >= 15 is 0 Å². The van der Waals surface area contributed by atoms with Gasteiger partial charge in [0, 0.05) is 13.0 Å². The van der Waals surface area contributed by atoms with Crippen LogP contribution in [0.25, 0.3) is 6.08 Å². The monoisotopic (exact) mass is 340 g/mol. The molecule has 0 saturated carbocycles. The third kappa shape index (κ3) is 4.10. The summed E-state index contributed by atoms with van der Waals surface area (Å²) in [6.07, 6.45) is 3.13. The van der Waals surface area contributed by atoms with Gasteiger partial charge in [-0.05, 0) is 28.8 Å². The Labute approximate surface area is 148 Å². The number of fused-ring (bicyclic) bond motifs is 1. The van der Waals surface area contributed by atoms with E-state index in [-0.39, 0.29) is 18.6 Å². The third-order valence-corrected chi connectivity index (χ3v) is 4.51. The highest BCUT2D eigenvalue weighted by Gasteiger charge is 2.34. The van der Waals surface area contributed by atoms with Gasteiger partial charge in [-0.2, -0.15) is 0 Å². The van der Waals surface area contributed by atoms with Gasteiger partial charge >= 0.3 is 0 Å². The maximum Gasteiger partial charge on any atom is 0.119 e. The highest BCUT2D eigenvalue weighted by atomic mass is 16.5. The van der Waals surface area contributed by atoms with Gasteiger partial charge in [0.15, 0.2) is 0 Å². The van der Waals surface area contributed by atoms with E-state index in [0.29, 0.717) is 6.61 Å². The Morgan fingerprint density at radius 3 is 2.72 bits per heavy atom. The molecule has 25 heavy (non-hydrogen) atoms. The first-order valence-electron chi connectivity index (χ1n) is 8.41. The molecule has 3 atom stereocenters. The molecule has 0 radical (unpaired) electrons. The topological polar surface area (TPSA) is 47.9 Å². The molecule has 2 aromatic rings. The van der Waals surface area contributed by atoms with Crippen LogP contribution >= 0.6 is 0 Å². The molecule has 2 aromatic carbocycles. The molecule has 0 aromatic heterocycles. The van der Waals surface area contributed by atoms with E-state index in [1.165, 1.54) is 0 Å². The van der Waals surface area contributed by atoms with Gasteiger partial charge < -0.3 is 19.3 Å². The van der Waals surface area contributed by atoms with E-state index in [1.807, 2.05) is 30.3 Å². The van der Waals surface area contributed by atoms with Crippen LogP contribution in [0.3, 0.4) is 0 Å². The second kappa shape index (κ2) is 8.30. The summed E-state index contributed by atoms with van der Waals surface area (Å²) in [5.41, 5.74) is 3.35. The largest absolute Gasteiger partial charge is 0.497 e.